The monoisotopic (exact) mass is 375 g/mol. The highest BCUT2D eigenvalue weighted by Crippen LogP contribution is 2.25. The minimum Gasteiger partial charge on any atom is -0.450 e. The summed E-state index contributed by atoms with van der Waals surface area (Å²) in [7, 11) is 0. The number of carbonyl (C=O) groups excluding carboxylic acids is 1. The van der Waals surface area contributed by atoms with E-state index in [0.29, 0.717) is 31.0 Å². The summed E-state index contributed by atoms with van der Waals surface area (Å²) in [6, 6.07) is 6.76. The van der Waals surface area contributed by atoms with Crippen LogP contribution in [0.25, 0.3) is 11.3 Å². The Labute approximate surface area is 158 Å². The van der Waals surface area contributed by atoms with Crippen molar-refractivity contribution < 1.29 is 18.4 Å². The van der Waals surface area contributed by atoms with Crippen molar-refractivity contribution in [3.05, 3.63) is 41.3 Å². The molecule has 1 aliphatic heterocycles. The molecule has 1 aromatic heterocycles. The van der Waals surface area contributed by atoms with Gasteiger partial charge in [-0.1, -0.05) is 16.8 Å². The summed E-state index contributed by atoms with van der Waals surface area (Å²) in [6.07, 6.45) is 1.48. The lowest BCUT2D eigenvalue weighted by atomic mass is 10.1. The fourth-order valence-corrected chi connectivity index (χ4v) is 3.24. The summed E-state index contributed by atoms with van der Waals surface area (Å²) in [4.78, 5) is 15.8. The first-order valence-corrected chi connectivity index (χ1v) is 9.43. The Bertz CT molecular complexity index is 770. The van der Waals surface area contributed by atoms with Gasteiger partial charge in [-0.25, -0.2) is 9.18 Å². The number of aromatic nitrogens is 1. The van der Waals surface area contributed by atoms with Gasteiger partial charge in [0, 0.05) is 32.2 Å². The molecule has 0 atom stereocenters. The Morgan fingerprint density at radius 3 is 2.78 bits per heavy atom. The third-order valence-corrected chi connectivity index (χ3v) is 4.75. The molecular weight excluding hydrogens is 349 g/mol. The first-order valence-electron chi connectivity index (χ1n) is 9.43. The van der Waals surface area contributed by atoms with Crippen LogP contribution in [0, 0.1) is 12.7 Å². The molecule has 7 heteroatoms. The highest BCUT2D eigenvalue weighted by molar-refractivity contribution is 5.67. The van der Waals surface area contributed by atoms with E-state index in [1.165, 1.54) is 6.07 Å². The Kier molecular flexibility index (Phi) is 6.45. The molecule has 1 aliphatic rings. The number of benzene rings is 1. The van der Waals surface area contributed by atoms with E-state index in [-0.39, 0.29) is 11.9 Å². The molecule has 1 amide bonds. The van der Waals surface area contributed by atoms with Crippen LogP contribution >= 0.6 is 0 Å². The maximum Gasteiger partial charge on any atom is 0.409 e. The molecule has 0 radical (unpaired) electrons. The van der Waals surface area contributed by atoms with Crippen LogP contribution in [0.1, 0.15) is 24.6 Å². The number of ether oxygens (including phenoxy) is 1. The van der Waals surface area contributed by atoms with E-state index in [9.17, 15) is 9.18 Å². The molecule has 3 rings (SSSR count). The molecular formula is C20H26FN3O3. The minimum absolute atomic E-state index is 0.226. The molecule has 0 N–H and O–H groups in total. The molecule has 1 fully saturated rings. The van der Waals surface area contributed by atoms with E-state index < -0.39 is 0 Å². The number of hydrogen-bond acceptors (Lipinski definition) is 5. The van der Waals surface area contributed by atoms with Crippen LogP contribution in [0.15, 0.2) is 28.8 Å². The zero-order valence-corrected chi connectivity index (χ0v) is 15.9. The maximum absolute atomic E-state index is 14.0. The highest BCUT2D eigenvalue weighted by Gasteiger charge is 2.21. The molecule has 0 saturated carbocycles. The Morgan fingerprint density at radius 2 is 2.04 bits per heavy atom. The molecule has 6 nitrogen and oxygen atoms in total. The normalized spacial score (nSPS) is 15.1. The van der Waals surface area contributed by atoms with Crippen LogP contribution < -0.4 is 0 Å². The van der Waals surface area contributed by atoms with Crippen molar-refractivity contribution in [3.8, 4) is 11.3 Å². The van der Waals surface area contributed by atoms with Gasteiger partial charge in [-0.2, -0.15) is 0 Å². The van der Waals surface area contributed by atoms with Gasteiger partial charge in [0.2, 0.25) is 0 Å². The highest BCUT2D eigenvalue weighted by atomic mass is 19.1. The maximum atomic E-state index is 14.0. The van der Waals surface area contributed by atoms with Crippen LogP contribution in [0.2, 0.25) is 0 Å². The van der Waals surface area contributed by atoms with Crippen molar-refractivity contribution >= 4 is 6.09 Å². The quantitative estimate of drug-likeness (QED) is 0.773. The lowest BCUT2D eigenvalue weighted by Crippen LogP contribution is -2.49. The average Bonchev–Trinajstić information content (AvgIpc) is 3.13. The van der Waals surface area contributed by atoms with E-state index in [1.54, 1.807) is 17.0 Å². The third kappa shape index (κ3) is 5.07. The predicted octanol–water partition coefficient (Wildman–Crippen LogP) is 3.50. The Morgan fingerprint density at radius 1 is 1.26 bits per heavy atom. The van der Waals surface area contributed by atoms with Crippen molar-refractivity contribution in [2.45, 2.75) is 26.7 Å². The van der Waals surface area contributed by atoms with Gasteiger partial charge in [-0.05, 0) is 45.4 Å². The largest absolute Gasteiger partial charge is 0.450 e. The second-order valence-corrected chi connectivity index (χ2v) is 6.80. The van der Waals surface area contributed by atoms with Gasteiger partial charge >= 0.3 is 6.09 Å². The van der Waals surface area contributed by atoms with E-state index >= 15 is 0 Å². The second kappa shape index (κ2) is 8.99. The Hall–Kier alpha value is -2.41. The van der Waals surface area contributed by atoms with Crippen LogP contribution in [-0.2, 0) is 11.2 Å². The van der Waals surface area contributed by atoms with Gasteiger partial charge < -0.3 is 14.2 Å². The zero-order valence-electron chi connectivity index (χ0n) is 15.9. The summed E-state index contributed by atoms with van der Waals surface area (Å²) in [5, 5.41) is 4.07. The molecule has 27 heavy (non-hydrogen) atoms. The van der Waals surface area contributed by atoms with Gasteiger partial charge in [0.1, 0.15) is 5.82 Å². The fraction of sp³-hybridized carbons (Fsp3) is 0.500. The molecule has 2 aromatic rings. The van der Waals surface area contributed by atoms with Gasteiger partial charge in [0.15, 0.2) is 5.76 Å². The number of rotatable bonds is 6. The molecule has 1 saturated heterocycles. The van der Waals surface area contributed by atoms with Gasteiger partial charge in [0.05, 0.1) is 17.9 Å². The lowest BCUT2D eigenvalue weighted by molar-refractivity contribution is 0.0794. The smallest absolute Gasteiger partial charge is 0.409 e. The topological polar surface area (TPSA) is 58.8 Å². The molecule has 1 aromatic carbocycles. The van der Waals surface area contributed by atoms with Crippen molar-refractivity contribution in [1.82, 2.24) is 15.0 Å². The SMILES string of the molecule is CCOC(=O)N1CCN(CCCc2cc(-c3cc(C)ccc3F)on2)CC1. The number of amides is 1. The average molecular weight is 375 g/mol. The van der Waals surface area contributed by atoms with Gasteiger partial charge in [-0.3, -0.25) is 4.90 Å². The number of carbonyl (C=O) groups is 1. The second-order valence-electron chi connectivity index (χ2n) is 6.80. The number of nitrogens with zero attached hydrogens (tertiary/aromatic N) is 3. The van der Waals surface area contributed by atoms with Gasteiger partial charge in [0.25, 0.3) is 0 Å². The third-order valence-electron chi connectivity index (χ3n) is 4.75. The summed E-state index contributed by atoms with van der Waals surface area (Å²) < 4.78 is 24.3. The molecule has 0 aliphatic carbocycles. The lowest BCUT2D eigenvalue weighted by Gasteiger charge is -2.33. The van der Waals surface area contributed by atoms with Crippen molar-refractivity contribution in [2.24, 2.45) is 0 Å². The molecule has 2 heterocycles. The molecule has 0 spiro atoms. The standard InChI is InChI=1S/C20H26FN3O3/c1-3-26-20(25)24-11-9-23(10-12-24)8-4-5-16-14-19(27-22-16)17-13-15(2)6-7-18(17)21/h6-7,13-14H,3-5,8-12H2,1-2H3. The first kappa shape index (κ1) is 19.4. The number of halogens is 1. The van der Waals surface area contributed by atoms with Crippen LogP contribution in [0.3, 0.4) is 0 Å². The van der Waals surface area contributed by atoms with E-state index in [4.69, 9.17) is 9.26 Å². The van der Waals surface area contributed by atoms with E-state index in [2.05, 4.69) is 10.1 Å². The molecule has 146 valence electrons. The van der Waals surface area contributed by atoms with Gasteiger partial charge in [-0.15, -0.1) is 0 Å². The molecule has 0 unspecified atom stereocenters. The van der Waals surface area contributed by atoms with Crippen molar-refractivity contribution in [1.29, 1.82) is 0 Å². The zero-order chi connectivity index (χ0) is 19.2. The predicted molar refractivity (Wildman–Crippen MR) is 100.0 cm³/mol. The number of aryl methyl sites for hydroxylation is 2. The van der Waals surface area contributed by atoms with E-state index in [1.807, 2.05) is 19.9 Å². The first-order chi connectivity index (χ1) is 13.1. The fourth-order valence-electron chi connectivity index (χ4n) is 3.24. The van der Waals surface area contributed by atoms with Crippen molar-refractivity contribution in [3.63, 3.8) is 0 Å². The summed E-state index contributed by atoms with van der Waals surface area (Å²) in [5.41, 5.74) is 2.26. The van der Waals surface area contributed by atoms with E-state index in [0.717, 1.165) is 43.7 Å². The van der Waals surface area contributed by atoms with Crippen molar-refractivity contribution in [2.75, 3.05) is 39.3 Å². The van der Waals surface area contributed by atoms with Crippen LogP contribution in [-0.4, -0.2) is 60.4 Å². The summed E-state index contributed by atoms with van der Waals surface area (Å²) >= 11 is 0. The Balaban J connectivity index is 1.45. The summed E-state index contributed by atoms with van der Waals surface area (Å²) in [5.74, 6) is 0.164. The molecule has 0 bridgehead atoms. The summed E-state index contributed by atoms with van der Waals surface area (Å²) in [6.45, 7) is 8.15. The number of hydrogen-bond donors (Lipinski definition) is 0. The minimum atomic E-state index is -0.303. The van der Waals surface area contributed by atoms with Crippen LogP contribution in [0.4, 0.5) is 9.18 Å². The number of piperazine rings is 1. The van der Waals surface area contributed by atoms with Crippen LogP contribution in [0.5, 0.6) is 0 Å².